The van der Waals surface area contributed by atoms with Gasteiger partial charge in [0.1, 0.15) is 17.4 Å². The highest BCUT2D eigenvalue weighted by atomic mass is 32.2. The fourth-order valence-electron chi connectivity index (χ4n) is 4.45. The van der Waals surface area contributed by atoms with Crippen LogP contribution < -0.4 is 10.4 Å². The molecule has 0 spiro atoms. The number of H-pyrrole nitrogens is 1. The molecule has 1 aromatic carbocycles. The zero-order valence-corrected chi connectivity index (χ0v) is 17.5. The van der Waals surface area contributed by atoms with Crippen molar-refractivity contribution in [3.05, 3.63) is 41.5 Å². The second kappa shape index (κ2) is 7.88. The molecule has 5 rings (SSSR count). The fourth-order valence-corrected chi connectivity index (χ4v) is 5.61. The summed E-state index contributed by atoms with van der Waals surface area (Å²) >= 11 is 1.47. The summed E-state index contributed by atoms with van der Waals surface area (Å²) in [4.78, 5) is 33.5. The lowest BCUT2D eigenvalue weighted by molar-refractivity contribution is -0.139. The summed E-state index contributed by atoms with van der Waals surface area (Å²) in [5.74, 6) is 0.524. The Kier molecular flexibility index (Phi) is 5.19. The minimum Gasteiger partial charge on any atom is -0.535 e. The number of amides is 1. The lowest BCUT2D eigenvalue weighted by atomic mass is 9.77. The standard InChI is InChI=1S/C20H23BN4O5S/c22-17(14-6-23-9-24-14)19(26)25-7-10(8-25)3-4-31-15-2-1-11-12-5-13(12)21(29)30-18(11)16(15)20(27)28/h1-2,6,9-10,12-13,17,29H,3-5,7-8,22H2,(H,23,24)(H,27,28). The maximum atomic E-state index is 12.4. The van der Waals surface area contributed by atoms with E-state index in [9.17, 15) is 19.7 Å². The summed E-state index contributed by atoms with van der Waals surface area (Å²) in [6.07, 6.45) is 4.75. The molecule has 2 aliphatic heterocycles. The van der Waals surface area contributed by atoms with Gasteiger partial charge in [0.15, 0.2) is 0 Å². The van der Waals surface area contributed by atoms with Crippen molar-refractivity contribution < 1.29 is 24.4 Å². The third kappa shape index (κ3) is 3.70. The van der Waals surface area contributed by atoms with Crippen LogP contribution in [-0.4, -0.2) is 62.8 Å². The number of nitrogens with zero attached hydrogens (tertiary/aromatic N) is 2. The molecule has 9 nitrogen and oxygen atoms in total. The Morgan fingerprint density at radius 2 is 2.23 bits per heavy atom. The van der Waals surface area contributed by atoms with E-state index in [1.54, 1.807) is 11.1 Å². The van der Waals surface area contributed by atoms with Crippen LogP contribution in [0.25, 0.3) is 0 Å². The van der Waals surface area contributed by atoms with E-state index >= 15 is 0 Å². The SMILES string of the molecule is NC(C(=O)N1CC(CCSc2ccc3c(c2C(=O)O)OB(O)C2CC32)C1)c1cnc[nH]1. The number of nitrogens with one attached hydrogen (secondary N) is 1. The summed E-state index contributed by atoms with van der Waals surface area (Å²) in [5, 5.41) is 19.8. The van der Waals surface area contributed by atoms with Gasteiger partial charge in [-0.3, -0.25) is 4.79 Å². The molecule has 3 aliphatic rings. The second-order valence-corrected chi connectivity index (χ2v) is 9.54. The lowest BCUT2D eigenvalue weighted by Crippen LogP contribution is -2.53. The molecule has 1 amide bonds. The Morgan fingerprint density at radius 1 is 1.42 bits per heavy atom. The van der Waals surface area contributed by atoms with Gasteiger partial charge in [-0.2, -0.15) is 0 Å². The summed E-state index contributed by atoms with van der Waals surface area (Å²) in [7, 11) is -0.928. The van der Waals surface area contributed by atoms with E-state index in [0.29, 0.717) is 35.3 Å². The number of aromatic amines is 1. The molecule has 3 heterocycles. The molecule has 1 aromatic heterocycles. The molecular weight excluding hydrogens is 419 g/mol. The van der Waals surface area contributed by atoms with Crippen LogP contribution in [0.1, 0.15) is 46.4 Å². The van der Waals surface area contributed by atoms with E-state index in [1.165, 1.54) is 18.1 Å². The summed E-state index contributed by atoms with van der Waals surface area (Å²) in [5.41, 5.74) is 7.62. The molecular formula is C20H23BN4O5S. The molecule has 1 aliphatic carbocycles. The van der Waals surface area contributed by atoms with Crippen LogP contribution in [-0.2, 0) is 4.79 Å². The number of carboxylic acid groups (broad SMARTS) is 1. The van der Waals surface area contributed by atoms with E-state index < -0.39 is 19.1 Å². The van der Waals surface area contributed by atoms with E-state index in [0.717, 1.165) is 24.2 Å². The van der Waals surface area contributed by atoms with Crippen molar-refractivity contribution in [1.82, 2.24) is 14.9 Å². The van der Waals surface area contributed by atoms with Gasteiger partial charge in [0.2, 0.25) is 5.91 Å². The average Bonchev–Trinajstić information content (AvgIpc) is 3.34. The molecule has 5 N–H and O–H groups in total. The first-order valence-electron chi connectivity index (χ1n) is 10.3. The monoisotopic (exact) mass is 442 g/mol. The van der Waals surface area contributed by atoms with Crippen LogP contribution in [0.15, 0.2) is 29.6 Å². The number of likely N-dealkylation sites (tertiary alicyclic amines) is 1. The van der Waals surface area contributed by atoms with E-state index in [4.69, 9.17) is 10.4 Å². The van der Waals surface area contributed by atoms with Crippen LogP contribution in [0.3, 0.4) is 0 Å². The molecule has 3 unspecified atom stereocenters. The number of aromatic nitrogens is 2. The van der Waals surface area contributed by atoms with Crippen LogP contribution in [0.2, 0.25) is 5.82 Å². The Balaban J connectivity index is 1.16. The molecule has 11 heteroatoms. The molecule has 2 fully saturated rings. The minimum absolute atomic E-state index is 0.0818. The predicted octanol–water partition coefficient (Wildman–Crippen LogP) is 1.48. The number of imidazole rings is 1. The number of carbonyl (C=O) groups excluding carboxylic acids is 1. The number of benzene rings is 1. The third-order valence-corrected chi connectivity index (χ3v) is 7.47. The number of rotatable bonds is 7. The van der Waals surface area contributed by atoms with Gasteiger partial charge in [-0.05, 0) is 42.1 Å². The van der Waals surface area contributed by atoms with Crippen molar-refractivity contribution in [2.24, 2.45) is 11.7 Å². The minimum atomic E-state index is -1.04. The molecule has 31 heavy (non-hydrogen) atoms. The first-order valence-corrected chi connectivity index (χ1v) is 11.3. The maximum Gasteiger partial charge on any atom is 0.526 e. The number of carbonyl (C=O) groups is 2. The van der Waals surface area contributed by atoms with Gasteiger partial charge in [0.05, 0.1) is 18.2 Å². The third-order valence-electron chi connectivity index (χ3n) is 6.38. The Bertz CT molecular complexity index is 1010. The number of aromatic carboxylic acids is 1. The predicted molar refractivity (Wildman–Crippen MR) is 114 cm³/mol. The van der Waals surface area contributed by atoms with Gasteiger partial charge in [-0.15, -0.1) is 11.8 Å². The van der Waals surface area contributed by atoms with Crippen molar-refractivity contribution in [2.45, 2.75) is 35.5 Å². The Morgan fingerprint density at radius 3 is 2.94 bits per heavy atom. The highest BCUT2D eigenvalue weighted by molar-refractivity contribution is 7.99. The van der Waals surface area contributed by atoms with Crippen molar-refractivity contribution in [3.63, 3.8) is 0 Å². The van der Waals surface area contributed by atoms with Gasteiger partial charge in [-0.1, -0.05) is 6.07 Å². The summed E-state index contributed by atoms with van der Waals surface area (Å²) in [6.45, 7) is 1.30. The number of hydrogen-bond acceptors (Lipinski definition) is 7. The zero-order chi connectivity index (χ0) is 21.7. The smallest absolute Gasteiger partial charge is 0.526 e. The fraction of sp³-hybridized carbons (Fsp3) is 0.450. The molecule has 2 aromatic rings. The average molecular weight is 442 g/mol. The number of carboxylic acids is 1. The number of thioether (sulfide) groups is 1. The van der Waals surface area contributed by atoms with Gasteiger partial charge >= 0.3 is 13.1 Å². The molecule has 0 bridgehead atoms. The van der Waals surface area contributed by atoms with Crippen LogP contribution in [0.4, 0.5) is 0 Å². The van der Waals surface area contributed by atoms with E-state index in [2.05, 4.69) is 9.97 Å². The maximum absolute atomic E-state index is 12.4. The van der Waals surface area contributed by atoms with Gasteiger partial charge in [0.25, 0.3) is 0 Å². The zero-order valence-electron chi connectivity index (χ0n) is 16.7. The van der Waals surface area contributed by atoms with Crippen molar-refractivity contribution in [3.8, 4) is 5.75 Å². The number of fused-ring (bicyclic) bond motifs is 3. The molecule has 0 radical (unpaired) electrons. The topological polar surface area (TPSA) is 142 Å². The van der Waals surface area contributed by atoms with Gasteiger partial charge < -0.3 is 30.4 Å². The second-order valence-electron chi connectivity index (χ2n) is 8.41. The Labute approximate surface area is 183 Å². The first-order chi connectivity index (χ1) is 14.9. The van der Waals surface area contributed by atoms with Crippen molar-refractivity contribution in [1.29, 1.82) is 0 Å². The van der Waals surface area contributed by atoms with E-state index in [-0.39, 0.29) is 23.2 Å². The quantitative estimate of drug-likeness (QED) is 0.373. The van der Waals surface area contributed by atoms with Crippen LogP contribution >= 0.6 is 11.8 Å². The number of nitrogens with two attached hydrogens (primary N) is 1. The summed E-state index contributed by atoms with van der Waals surface area (Å²) in [6, 6.07) is 3.05. The highest BCUT2D eigenvalue weighted by Gasteiger charge is 2.54. The number of hydrogen-bond donors (Lipinski definition) is 4. The van der Waals surface area contributed by atoms with Crippen LogP contribution in [0, 0.1) is 5.92 Å². The first kappa shape index (κ1) is 20.4. The van der Waals surface area contributed by atoms with Crippen molar-refractivity contribution >= 4 is 30.8 Å². The summed E-state index contributed by atoms with van der Waals surface area (Å²) < 4.78 is 5.57. The molecule has 1 saturated heterocycles. The molecule has 3 atom stereocenters. The molecule has 1 saturated carbocycles. The van der Waals surface area contributed by atoms with Crippen molar-refractivity contribution in [2.75, 3.05) is 18.8 Å². The molecule has 162 valence electrons. The van der Waals surface area contributed by atoms with Gasteiger partial charge in [-0.25, -0.2) is 9.78 Å². The highest BCUT2D eigenvalue weighted by Crippen LogP contribution is 2.60. The largest absolute Gasteiger partial charge is 0.535 e. The lowest BCUT2D eigenvalue weighted by Gasteiger charge is -2.40. The van der Waals surface area contributed by atoms with Gasteiger partial charge in [0, 0.05) is 23.8 Å². The van der Waals surface area contributed by atoms with Crippen LogP contribution in [0.5, 0.6) is 5.75 Å². The normalized spacial score (nSPS) is 22.8. The Hall–Kier alpha value is -2.50. The van der Waals surface area contributed by atoms with E-state index in [1.807, 2.05) is 12.1 Å².